The second-order valence-corrected chi connectivity index (χ2v) is 3.78. The molecule has 0 radical (unpaired) electrons. The Bertz CT molecular complexity index is 245. The summed E-state index contributed by atoms with van der Waals surface area (Å²) < 4.78 is 9.73. The lowest BCUT2D eigenvalue weighted by Gasteiger charge is -2.05. The monoisotopic (exact) mass is 259 g/mol. The Kier molecular flexibility index (Phi) is 11.3. The number of guanidine groups is 1. The zero-order chi connectivity index (χ0) is 13.6. The van der Waals surface area contributed by atoms with E-state index in [4.69, 9.17) is 10.5 Å². The van der Waals surface area contributed by atoms with Crippen molar-refractivity contribution < 1.29 is 14.3 Å². The molecule has 0 spiro atoms. The third-order valence-corrected chi connectivity index (χ3v) is 2.27. The molecule has 0 bridgehead atoms. The lowest BCUT2D eigenvalue weighted by atomic mass is 10.2. The largest absolute Gasteiger partial charge is 0.469 e. The van der Waals surface area contributed by atoms with E-state index in [1.807, 2.05) is 6.92 Å². The number of ether oxygens (including phenoxy) is 2. The van der Waals surface area contributed by atoms with Crippen molar-refractivity contribution in [1.29, 1.82) is 0 Å². The van der Waals surface area contributed by atoms with Gasteiger partial charge in [-0.25, -0.2) is 0 Å². The highest BCUT2D eigenvalue weighted by Crippen LogP contribution is 1.95. The molecule has 0 rings (SSSR count). The molecule has 0 saturated carbocycles. The first-order valence-electron chi connectivity index (χ1n) is 6.39. The Hall–Kier alpha value is -1.30. The number of unbranched alkanes of at least 4 members (excludes halogenated alkanes) is 1. The molecule has 106 valence electrons. The summed E-state index contributed by atoms with van der Waals surface area (Å²) in [7, 11) is 1.40. The predicted molar refractivity (Wildman–Crippen MR) is 71.5 cm³/mol. The Morgan fingerprint density at radius 2 is 2.11 bits per heavy atom. The summed E-state index contributed by atoms with van der Waals surface area (Å²) in [4.78, 5) is 15.0. The molecule has 0 aromatic heterocycles. The topological polar surface area (TPSA) is 85.9 Å². The van der Waals surface area contributed by atoms with Crippen LogP contribution in [0.15, 0.2) is 4.99 Å². The number of hydrogen-bond donors (Lipinski definition) is 2. The average molecular weight is 259 g/mol. The summed E-state index contributed by atoms with van der Waals surface area (Å²) in [6.45, 7) is 4.80. The minimum atomic E-state index is -0.174. The molecule has 0 aliphatic rings. The van der Waals surface area contributed by atoms with E-state index < -0.39 is 0 Å². The molecule has 6 nitrogen and oxygen atoms in total. The third kappa shape index (κ3) is 11.2. The third-order valence-electron chi connectivity index (χ3n) is 2.27. The van der Waals surface area contributed by atoms with E-state index in [9.17, 15) is 4.79 Å². The van der Waals surface area contributed by atoms with Gasteiger partial charge in [-0.3, -0.25) is 9.79 Å². The Morgan fingerprint density at radius 3 is 2.78 bits per heavy atom. The van der Waals surface area contributed by atoms with Crippen LogP contribution in [0.2, 0.25) is 0 Å². The number of carbonyl (C=O) groups excluding carboxylic acids is 1. The summed E-state index contributed by atoms with van der Waals surface area (Å²) >= 11 is 0. The first-order chi connectivity index (χ1) is 8.70. The van der Waals surface area contributed by atoms with E-state index in [0.717, 1.165) is 32.4 Å². The molecule has 0 aliphatic carbocycles. The van der Waals surface area contributed by atoms with Gasteiger partial charge >= 0.3 is 5.97 Å². The molecule has 0 aromatic carbocycles. The van der Waals surface area contributed by atoms with Gasteiger partial charge in [-0.2, -0.15) is 0 Å². The van der Waals surface area contributed by atoms with Gasteiger partial charge in [-0.05, 0) is 26.2 Å². The minimum absolute atomic E-state index is 0.174. The zero-order valence-corrected chi connectivity index (χ0v) is 11.4. The maximum absolute atomic E-state index is 10.8. The lowest BCUT2D eigenvalue weighted by Crippen LogP contribution is -2.32. The minimum Gasteiger partial charge on any atom is -0.469 e. The van der Waals surface area contributed by atoms with Gasteiger partial charge in [0.25, 0.3) is 0 Å². The maximum Gasteiger partial charge on any atom is 0.305 e. The summed E-state index contributed by atoms with van der Waals surface area (Å²) in [6, 6.07) is 0. The maximum atomic E-state index is 10.8. The molecule has 6 heteroatoms. The fourth-order valence-corrected chi connectivity index (χ4v) is 1.28. The summed E-state index contributed by atoms with van der Waals surface area (Å²) in [6.07, 6.45) is 2.98. The molecular formula is C12H25N3O3. The van der Waals surface area contributed by atoms with Gasteiger partial charge in [0.15, 0.2) is 5.96 Å². The van der Waals surface area contributed by atoms with Crippen molar-refractivity contribution >= 4 is 11.9 Å². The van der Waals surface area contributed by atoms with Gasteiger partial charge < -0.3 is 20.5 Å². The number of carbonyl (C=O) groups is 1. The van der Waals surface area contributed by atoms with Crippen LogP contribution in [0.4, 0.5) is 0 Å². The van der Waals surface area contributed by atoms with Crippen LogP contribution in [0.25, 0.3) is 0 Å². The molecule has 0 aromatic rings. The Balaban J connectivity index is 3.37. The number of aliphatic imine (C=N–C) groups is 1. The van der Waals surface area contributed by atoms with Crippen LogP contribution < -0.4 is 11.1 Å². The standard InChI is InChI=1S/C12H25N3O3/c1-3-18-10-6-9-15-12(13)14-8-5-4-7-11(16)17-2/h3-10H2,1-2H3,(H3,13,14,15). The SMILES string of the molecule is CCOCCCN=C(N)NCCCCC(=O)OC. The van der Waals surface area contributed by atoms with Crippen molar-refractivity contribution in [3.63, 3.8) is 0 Å². The van der Waals surface area contributed by atoms with Crippen molar-refractivity contribution in [2.45, 2.75) is 32.6 Å². The molecule has 18 heavy (non-hydrogen) atoms. The van der Waals surface area contributed by atoms with Crippen LogP contribution in [-0.2, 0) is 14.3 Å². The van der Waals surface area contributed by atoms with E-state index in [-0.39, 0.29) is 5.97 Å². The van der Waals surface area contributed by atoms with E-state index in [2.05, 4.69) is 15.0 Å². The highest BCUT2D eigenvalue weighted by atomic mass is 16.5. The summed E-state index contributed by atoms with van der Waals surface area (Å²) in [5.41, 5.74) is 5.66. The highest BCUT2D eigenvalue weighted by molar-refractivity contribution is 5.77. The molecule has 0 saturated heterocycles. The number of methoxy groups -OCH3 is 1. The first kappa shape index (κ1) is 16.7. The lowest BCUT2D eigenvalue weighted by molar-refractivity contribution is -0.140. The number of esters is 1. The van der Waals surface area contributed by atoms with Gasteiger partial charge in [-0.15, -0.1) is 0 Å². The zero-order valence-electron chi connectivity index (χ0n) is 11.4. The predicted octanol–water partition coefficient (Wildman–Crippen LogP) is 0.661. The first-order valence-corrected chi connectivity index (χ1v) is 6.39. The second-order valence-electron chi connectivity index (χ2n) is 3.78. The summed E-state index contributed by atoms with van der Waals surface area (Å²) in [5.74, 6) is 0.275. The van der Waals surface area contributed by atoms with Gasteiger partial charge in [0.05, 0.1) is 7.11 Å². The van der Waals surface area contributed by atoms with Crippen LogP contribution in [0.1, 0.15) is 32.6 Å². The van der Waals surface area contributed by atoms with Crippen molar-refractivity contribution in [2.24, 2.45) is 10.7 Å². The van der Waals surface area contributed by atoms with Crippen LogP contribution in [0.3, 0.4) is 0 Å². The van der Waals surface area contributed by atoms with Crippen LogP contribution >= 0.6 is 0 Å². The molecule has 0 unspecified atom stereocenters. The van der Waals surface area contributed by atoms with E-state index in [1.54, 1.807) is 0 Å². The van der Waals surface area contributed by atoms with Crippen LogP contribution in [0.5, 0.6) is 0 Å². The number of rotatable bonds is 10. The van der Waals surface area contributed by atoms with Crippen molar-refractivity contribution in [3.8, 4) is 0 Å². The Morgan fingerprint density at radius 1 is 1.33 bits per heavy atom. The smallest absolute Gasteiger partial charge is 0.305 e. The van der Waals surface area contributed by atoms with Gasteiger partial charge in [0, 0.05) is 32.7 Å². The van der Waals surface area contributed by atoms with Crippen LogP contribution in [0, 0.1) is 0 Å². The van der Waals surface area contributed by atoms with E-state index >= 15 is 0 Å². The second kappa shape index (κ2) is 12.2. The number of nitrogens with one attached hydrogen (secondary N) is 1. The van der Waals surface area contributed by atoms with E-state index in [1.165, 1.54) is 7.11 Å². The van der Waals surface area contributed by atoms with Gasteiger partial charge in [0.2, 0.25) is 0 Å². The fourth-order valence-electron chi connectivity index (χ4n) is 1.28. The van der Waals surface area contributed by atoms with Gasteiger partial charge in [-0.1, -0.05) is 0 Å². The molecule has 0 fully saturated rings. The van der Waals surface area contributed by atoms with Crippen LogP contribution in [-0.4, -0.2) is 45.3 Å². The van der Waals surface area contributed by atoms with Crippen molar-refractivity contribution in [2.75, 3.05) is 33.4 Å². The molecular weight excluding hydrogens is 234 g/mol. The summed E-state index contributed by atoms with van der Waals surface area (Å²) in [5, 5.41) is 3.00. The quantitative estimate of drug-likeness (QED) is 0.260. The highest BCUT2D eigenvalue weighted by Gasteiger charge is 1.99. The fraction of sp³-hybridized carbons (Fsp3) is 0.833. The van der Waals surface area contributed by atoms with Gasteiger partial charge in [0.1, 0.15) is 0 Å². The molecule has 0 amide bonds. The average Bonchev–Trinajstić information content (AvgIpc) is 2.37. The molecule has 0 aliphatic heterocycles. The number of nitrogens with zero attached hydrogens (tertiary/aromatic N) is 1. The Labute approximate surface area is 109 Å². The molecule has 3 N–H and O–H groups in total. The number of nitrogens with two attached hydrogens (primary N) is 1. The normalized spacial score (nSPS) is 11.3. The van der Waals surface area contributed by atoms with Crippen molar-refractivity contribution in [3.05, 3.63) is 0 Å². The number of hydrogen-bond acceptors (Lipinski definition) is 4. The van der Waals surface area contributed by atoms with Crippen molar-refractivity contribution in [1.82, 2.24) is 5.32 Å². The molecule has 0 heterocycles. The molecule has 0 atom stereocenters. The van der Waals surface area contributed by atoms with E-state index in [0.29, 0.717) is 25.5 Å².